The zero-order chi connectivity index (χ0) is 31.3. The van der Waals surface area contributed by atoms with Crippen molar-refractivity contribution in [3.05, 3.63) is 96.8 Å². The molecule has 3 N–H and O–H groups in total. The first kappa shape index (κ1) is 30.3. The van der Waals surface area contributed by atoms with Crippen molar-refractivity contribution in [2.24, 2.45) is 5.92 Å². The summed E-state index contributed by atoms with van der Waals surface area (Å²) in [6.07, 6.45) is 0.820. The summed E-state index contributed by atoms with van der Waals surface area (Å²) in [5, 5.41) is 9.88. The lowest BCUT2D eigenvalue weighted by atomic mass is 9.99. The minimum absolute atomic E-state index is 0.403. The average Bonchev–Trinajstić information content (AvgIpc) is 3.39. The summed E-state index contributed by atoms with van der Waals surface area (Å²) in [4.78, 5) is 35.0. The van der Waals surface area contributed by atoms with Gasteiger partial charge in [0.25, 0.3) is 5.91 Å². The van der Waals surface area contributed by atoms with Crippen molar-refractivity contribution in [1.82, 2.24) is 15.3 Å². The highest BCUT2D eigenvalue weighted by Crippen LogP contribution is 2.42. The zero-order valence-corrected chi connectivity index (χ0v) is 25.5. The standard InChI is InChI=1S/C35H37N5O4/c1-22(2)20-36-31-28-27(23-12-8-6-9-13-23)30(43-33(28)38-21-37-31)25-16-18-26(19-17-25)39-32(41)29(24-14-10-7-11-15-24)40-34(42)44-35(3,4)5/h6-19,21-22,29H,20H2,1-5H3,(H,39,41)(H,40,42)(H,36,37,38). The molecule has 226 valence electrons. The highest BCUT2D eigenvalue weighted by molar-refractivity contribution is 6.06. The van der Waals surface area contributed by atoms with Crippen molar-refractivity contribution in [3.8, 4) is 22.5 Å². The van der Waals surface area contributed by atoms with E-state index in [1.165, 1.54) is 6.33 Å². The highest BCUT2D eigenvalue weighted by Gasteiger charge is 2.26. The first-order valence-corrected chi connectivity index (χ1v) is 14.6. The maximum absolute atomic E-state index is 13.5. The molecule has 3 aromatic carbocycles. The summed E-state index contributed by atoms with van der Waals surface area (Å²) in [6.45, 7) is 10.3. The van der Waals surface area contributed by atoms with Crippen molar-refractivity contribution in [3.63, 3.8) is 0 Å². The number of hydrogen-bond acceptors (Lipinski definition) is 7. The molecular formula is C35H37N5O4. The van der Waals surface area contributed by atoms with Gasteiger partial charge < -0.3 is 25.1 Å². The van der Waals surface area contributed by atoms with Gasteiger partial charge in [0.15, 0.2) is 0 Å². The van der Waals surface area contributed by atoms with Gasteiger partial charge in [-0.3, -0.25) is 4.79 Å². The average molecular weight is 592 g/mol. The van der Waals surface area contributed by atoms with E-state index in [1.54, 1.807) is 45.0 Å². The van der Waals surface area contributed by atoms with Crippen LogP contribution >= 0.6 is 0 Å². The molecule has 0 aliphatic rings. The Balaban J connectivity index is 1.45. The van der Waals surface area contributed by atoms with Gasteiger partial charge in [-0.15, -0.1) is 0 Å². The maximum atomic E-state index is 13.5. The SMILES string of the molecule is CC(C)CNc1ncnc2oc(-c3ccc(NC(=O)C(NC(=O)OC(C)(C)C)c4ccccc4)cc3)c(-c3ccccc3)c12. The molecular weight excluding hydrogens is 554 g/mol. The van der Waals surface area contributed by atoms with E-state index in [0.29, 0.717) is 34.5 Å². The number of carbonyl (C=O) groups excluding carboxylic acids is 2. The summed E-state index contributed by atoms with van der Waals surface area (Å²) < 4.78 is 11.8. The quantitative estimate of drug-likeness (QED) is 0.160. The number of amides is 2. The Kier molecular flexibility index (Phi) is 8.94. The fraction of sp³-hybridized carbons (Fsp3) is 0.257. The molecule has 0 saturated carbocycles. The van der Waals surface area contributed by atoms with Crippen molar-refractivity contribution < 1.29 is 18.7 Å². The van der Waals surface area contributed by atoms with E-state index >= 15 is 0 Å². The van der Waals surface area contributed by atoms with Crippen LogP contribution in [-0.4, -0.2) is 34.1 Å². The lowest BCUT2D eigenvalue weighted by molar-refractivity contribution is -0.118. The molecule has 5 rings (SSSR count). The van der Waals surface area contributed by atoms with E-state index < -0.39 is 23.6 Å². The van der Waals surface area contributed by atoms with Crippen LogP contribution in [0.2, 0.25) is 0 Å². The van der Waals surface area contributed by atoms with Crippen LogP contribution in [0.1, 0.15) is 46.2 Å². The number of rotatable bonds is 9. The first-order valence-electron chi connectivity index (χ1n) is 14.6. The minimum atomic E-state index is -0.957. The maximum Gasteiger partial charge on any atom is 0.408 e. The monoisotopic (exact) mass is 591 g/mol. The summed E-state index contributed by atoms with van der Waals surface area (Å²) in [5.74, 6) is 1.38. The van der Waals surface area contributed by atoms with Gasteiger partial charge in [-0.1, -0.05) is 74.5 Å². The number of fused-ring (bicyclic) bond motifs is 1. The molecule has 2 aromatic heterocycles. The number of hydrogen-bond donors (Lipinski definition) is 3. The third-order valence-corrected chi connectivity index (χ3v) is 6.70. The molecule has 0 radical (unpaired) electrons. The number of furan rings is 1. The number of aromatic nitrogens is 2. The molecule has 44 heavy (non-hydrogen) atoms. The molecule has 2 amide bonds. The van der Waals surface area contributed by atoms with E-state index in [1.807, 2.05) is 60.7 Å². The molecule has 1 atom stereocenters. The normalized spacial score (nSPS) is 12.1. The van der Waals surface area contributed by atoms with Crippen molar-refractivity contribution in [1.29, 1.82) is 0 Å². The molecule has 0 spiro atoms. The van der Waals surface area contributed by atoms with E-state index in [-0.39, 0.29) is 0 Å². The van der Waals surface area contributed by atoms with Crippen LogP contribution in [-0.2, 0) is 9.53 Å². The Bertz CT molecular complexity index is 1730. The number of nitrogens with one attached hydrogen (secondary N) is 3. The molecule has 9 nitrogen and oxygen atoms in total. The van der Waals surface area contributed by atoms with Crippen LogP contribution in [0.3, 0.4) is 0 Å². The van der Waals surface area contributed by atoms with Crippen molar-refractivity contribution >= 4 is 34.6 Å². The number of carbonyl (C=O) groups is 2. The predicted octanol–water partition coefficient (Wildman–Crippen LogP) is 7.83. The zero-order valence-electron chi connectivity index (χ0n) is 25.5. The Hall–Kier alpha value is -5.18. The van der Waals surface area contributed by atoms with Gasteiger partial charge in [0.05, 0.1) is 5.39 Å². The molecule has 1 unspecified atom stereocenters. The minimum Gasteiger partial charge on any atom is -0.444 e. The predicted molar refractivity (Wildman–Crippen MR) is 173 cm³/mol. The molecule has 5 aromatic rings. The number of benzene rings is 3. The number of anilines is 2. The van der Waals surface area contributed by atoms with Crippen LogP contribution in [0.25, 0.3) is 33.6 Å². The van der Waals surface area contributed by atoms with Crippen LogP contribution in [0.15, 0.2) is 95.7 Å². The second kappa shape index (κ2) is 13.0. The third-order valence-electron chi connectivity index (χ3n) is 6.70. The molecule has 9 heteroatoms. The summed E-state index contributed by atoms with van der Waals surface area (Å²) in [5.41, 5.74) is 3.63. The van der Waals surface area contributed by atoms with Crippen LogP contribution in [0, 0.1) is 5.92 Å². The lowest BCUT2D eigenvalue weighted by Crippen LogP contribution is -2.40. The number of alkyl carbamates (subject to hydrolysis) is 1. The molecule has 0 fully saturated rings. The summed E-state index contributed by atoms with van der Waals surface area (Å²) in [6, 6.07) is 25.4. The summed E-state index contributed by atoms with van der Waals surface area (Å²) in [7, 11) is 0. The van der Waals surface area contributed by atoms with Crippen molar-refractivity contribution in [2.45, 2.75) is 46.3 Å². The second-order valence-corrected chi connectivity index (χ2v) is 11.9. The topological polar surface area (TPSA) is 118 Å². The first-order chi connectivity index (χ1) is 21.1. The van der Waals surface area contributed by atoms with E-state index in [9.17, 15) is 9.59 Å². The molecule has 0 aliphatic carbocycles. The van der Waals surface area contributed by atoms with Gasteiger partial charge in [0, 0.05) is 23.4 Å². The number of nitrogens with zero attached hydrogens (tertiary/aromatic N) is 2. The Morgan fingerprint density at radius 1 is 0.864 bits per heavy atom. The fourth-order valence-electron chi connectivity index (χ4n) is 4.74. The second-order valence-electron chi connectivity index (χ2n) is 11.9. The van der Waals surface area contributed by atoms with Gasteiger partial charge in [-0.25, -0.2) is 14.8 Å². The highest BCUT2D eigenvalue weighted by atomic mass is 16.6. The number of ether oxygens (including phenoxy) is 1. The smallest absolute Gasteiger partial charge is 0.408 e. The Labute approximate surface area is 257 Å². The Morgan fingerprint density at radius 3 is 2.16 bits per heavy atom. The summed E-state index contributed by atoms with van der Waals surface area (Å²) >= 11 is 0. The van der Waals surface area contributed by atoms with Gasteiger partial charge in [0.2, 0.25) is 5.71 Å². The third kappa shape index (κ3) is 7.23. The molecule has 2 heterocycles. The van der Waals surface area contributed by atoms with Crippen molar-refractivity contribution in [2.75, 3.05) is 17.2 Å². The largest absolute Gasteiger partial charge is 0.444 e. The van der Waals surface area contributed by atoms with Crippen LogP contribution in [0.5, 0.6) is 0 Å². The van der Waals surface area contributed by atoms with Crippen LogP contribution in [0.4, 0.5) is 16.3 Å². The van der Waals surface area contributed by atoms with Gasteiger partial charge in [-0.05, 0) is 62.1 Å². The van der Waals surface area contributed by atoms with Gasteiger partial charge in [0.1, 0.15) is 29.5 Å². The van der Waals surface area contributed by atoms with Gasteiger partial charge in [-0.2, -0.15) is 0 Å². The molecule has 0 bridgehead atoms. The molecule has 0 saturated heterocycles. The fourth-order valence-corrected chi connectivity index (χ4v) is 4.74. The Morgan fingerprint density at radius 2 is 1.52 bits per heavy atom. The van der Waals surface area contributed by atoms with Crippen LogP contribution < -0.4 is 16.0 Å². The van der Waals surface area contributed by atoms with E-state index in [2.05, 4.69) is 39.8 Å². The molecule has 0 aliphatic heterocycles. The lowest BCUT2D eigenvalue weighted by Gasteiger charge is -2.23. The van der Waals surface area contributed by atoms with E-state index in [0.717, 1.165) is 28.6 Å². The van der Waals surface area contributed by atoms with Gasteiger partial charge >= 0.3 is 6.09 Å². The van der Waals surface area contributed by atoms with E-state index in [4.69, 9.17) is 9.15 Å².